The molecule has 0 bridgehead atoms. The highest BCUT2D eigenvalue weighted by Crippen LogP contribution is 1.67. The van der Waals surface area contributed by atoms with Gasteiger partial charge in [-0.3, -0.25) is 0 Å². The van der Waals surface area contributed by atoms with Gasteiger partial charge in [0.15, 0.2) is 0 Å². The van der Waals surface area contributed by atoms with Gasteiger partial charge in [0.2, 0.25) is 0 Å². The van der Waals surface area contributed by atoms with E-state index < -0.39 is 6.16 Å². The average Bonchev–Trinajstić information content (AvgIpc) is 1.61. The quantitative estimate of drug-likeness (QED) is 0.313. The summed E-state index contributed by atoms with van der Waals surface area (Å²) in [7, 11) is 0. The summed E-state index contributed by atoms with van der Waals surface area (Å²) in [6.45, 7) is 3.44. The van der Waals surface area contributed by atoms with Crippen LogP contribution in [0.25, 0.3) is 0 Å². The van der Waals surface area contributed by atoms with Crippen molar-refractivity contribution in [3.63, 3.8) is 0 Å². The van der Waals surface area contributed by atoms with Crippen LogP contribution in [0.1, 0.15) is 0 Å². The Morgan fingerprint density at radius 2 is 2.57 bits per heavy atom. The van der Waals surface area contributed by atoms with Crippen molar-refractivity contribution < 1.29 is 9.18 Å². The zero-order valence-corrected chi connectivity index (χ0v) is 3.78. The largest absolute Gasteiger partial charge is 0.397 e. The molecule has 1 N–H and O–H groups in total. The molecule has 0 rings (SSSR count). The summed E-state index contributed by atoms with van der Waals surface area (Å²) >= 11 is 0. The molecule has 1 amide bonds. The molecule has 0 saturated heterocycles. The monoisotopic (exact) mass is 103 g/mol. The Morgan fingerprint density at radius 3 is 2.71 bits per heavy atom. The minimum atomic E-state index is -1.51. The van der Waals surface area contributed by atoms with Crippen molar-refractivity contribution in [1.82, 2.24) is 5.32 Å². The number of hydrogen-bond donors (Lipinski definition) is 1. The van der Waals surface area contributed by atoms with Crippen molar-refractivity contribution in [1.29, 1.82) is 0 Å². The number of carbonyl (C=O) groups is 1. The van der Waals surface area contributed by atoms with Gasteiger partial charge in [0.25, 0.3) is 0 Å². The summed E-state index contributed by atoms with van der Waals surface area (Å²) in [5.41, 5.74) is 0. The Kier molecular flexibility index (Phi) is 2.92. The third-order valence-electron chi connectivity index (χ3n) is 0.385. The number of amides is 1. The Balaban J connectivity index is 2.97. The second-order valence-corrected chi connectivity index (χ2v) is 0.943. The zero-order chi connectivity index (χ0) is 5.70. The van der Waals surface area contributed by atoms with Crippen LogP contribution >= 0.6 is 0 Å². The van der Waals surface area contributed by atoms with Gasteiger partial charge in [-0.15, -0.1) is 11.0 Å². The molecule has 3 heteroatoms. The third kappa shape index (κ3) is 5.14. The van der Waals surface area contributed by atoms with Crippen molar-refractivity contribution in [2.45, 2.75) is 0 Å². The molecule has 0 aromatic carbocycles. The number of halogens is 1. The summed E-state index contributed by atoms with van der Waals surface area (Å²) in [4.78, 5) is 9.38. The molecule has 0 saturated carbocycles. The lowest BCUT2D eigenvalue weighted by Crippen LogP contribution is -2.16. The predicted octanol–water partition coefficient (Wildman–Crippen LogP) is 0.851. The van der Waals surface area contributed by atoms with Crippen LogP contribution in [0.5, 0.6) is 0 Å². The van der Waals surface area contributed by atoms with E-state index in [9.17, 15) is 9.18 Å². The van der Waals surface area contributed by atoms with E-state index in [2.05, 4.69) is 6.58 Å². The van der Waals surface area contributed by atoms with Gasteiger partial charge < -0.3 is 5.32 Å². The van der Waals surface area contributed by atoms with Crippen LogP contribution in [0.3, 0.4) is 0 Å². The number of rotatable bonds is 2. The molecule has 0 unspecified atom stereocenters. The van der Waals surface area contributed by atoms with Gasteiger partial charge >= 0.3 is 6.16 Å². The average molecular weight is 103 g/mol. The van der Waals surface area contributed by atoms with Gasteiger partial charge in [0.1, 0.15) is 0 Å². The number of nitrogens with one attached hydrogen (secondary N) is 1. The molecule has 0 heterocycles. The molecule has 40 valence electrons. The fourth-order valence-corrected chi connectivity index (χ4v) is 0.152. The van der Waals surface area contributed by atoms with E-state index in [-0.39, 0.29) is 6.54 Å². The van der Waals surface area contributed by atoms with Crippen LogP contribution in [-0.2, 0) is 0 Å². The molecule has 0 aliphatic carbocycles. The lowest BCUT2D eigenvalue weighted by Gasteiger charge is -1.86. The van der Waals surface area contributed by atoms with Gasteiger partial charge in [-0.1, -0.05) is 6.08 Å². The van der Waals surface area contributed by atoms with Crippen molar-refractivity contribution in [3.8, 4) is 0 Å². The van der Waals surface area contributed by atoms with Crippen molar-refractivity contribution in [2.75, 3.05) is 6.54 Å². The molecule has 0 aliphatic heterocycles. The van der Waals surface area contributed by atoms with Gasteiger partial charge in [0.05, 0.1) is 0 Å². The van der Waals surface area contributed by atoms with Crippen molar-refractivity contribution >= 4 is 6.16 Å². The second-order valence-electron chi connectivity index (χ2n) is 0.943. The maximum Gasteiger partial charge on any atom is 0.397 e. The first-order chi connectivity index (χ1) is 3.27. The molecular formula is C4H6FNO. The minimum Gasteiger partial charge on any atom is -0.325 e. The first-order valence-corrected chi connectivity index (χ1v) is 1.81. The van der Waals surface area contributed by atoms with Crippen LogP contribution in [0.15, 0.2) is 12.7 Å². The van der Waals surface area contributed by atoms with Crippen molar-refractivity contribution in [3.05, 3.63) is 12.7 Å². The molecule has 0 aromatic rings. The SMILES string of the molecule is C=CCNC(=O)F. The first kappa shape index (κ1) is 6.14. The highest BCUT2D eigenvalue weighted by molar-refractivity contribution is 5.65. The molecule has 0 aliphatic rings. The number of hydrogen-bond acceptors (Lipinski definition) is 1. The van der Waals surface area contributed by atoms with E-state index >= 15 is 0 Å². The molecule has 0 atom stereocenters. The van der Waals surface area contributed by atoms with E-state index in [0.29, 0.717) is 0 Å². The van der Waals surface area contributed by atoms with Gasteiger partial charge in [-0.2, -0.15) is 0 Å². The van der Waals surface area contributed by atoms with Crippen LogP contribution in [-0.4, -0.2) is 12.7 Å². The van der Waals surface area contributed by atoms with Crippen LogP contribution < -0.4 is 5.32 Å². The van der Waals surface area contributed by atoms with Crippen LogP contribution in [0.4, 0.5) is 9.18 Å². The predicted molar refractivity (Wildman–Crippen MR) is 24.7 cm³/mol. The van der Waals surface area contributed by atoms with Crippen molar-refractivity contribution in [2.24, 2.45) is 0 Å². The summed E-state index contributed by atoms with van der Waals surface area (Å²) in [5.74, 6) is 0. The zero-order valence-electron chi connectivity index (χ0n) is 3.78. The Morgan fingerprint density at radius 1 is 2.00 bits per heavy atom. The Labute approximate surface area is 41.0 Å². The fraction of sp³-hybridized carbons (Fsp3) is 0.250. The smallest absolute Gasteiger partial charge is 0.325 e. The molecule has 0 radical (unpaired) electrons. The Bertz CT molecular complexity index is 81.8. The summed E-state index contributed by atoms with van der Waals surface area (Å²) in [5, 5.41) is 1.87. The topological polar surface area (TPSA) is 29.1 Å². The molecule has 0 spiro atoms. The molecule has 7 heavy (non-hydrogen) atoms. The molecule has 0 fully saturated rings. The van der Waals surface area contributed by atoms with E-state index in [1.54, 1.807) is 0 Å². The molecule has 0 aromatic heterocycles. The highest BCUT2D eigenvalue weighted by atomic mass is 19.1. The molecular weight excluding hydrogens is 97.0 g/mol. The minimum absolute atomic E-state index is 0.190. The lowest BCUT2D eigenvalue weighted by molar-refractivity contribution is 0.222. The maximum absolute atomic E-state index is 11.1. The Hall–Kier alpha value is -0.860. The first-order valence-electron chi connectivity index (χ1n) is 1.81. The third-order valence-corrected chi connectivity index (χ3v) is 0.385. The standard InChI is InChI=1S/C4H6FNO/c1-2-3-6-4(5)7/h2H,1,3H2,(H,6,7). The lowest BCUT2D eigenvalue weighted by atomic mass is 10.6. The highest BCUT2D eigenvalue weighted by Gasteiger charge is 1.87. The maximum atomic E-state index is 11.1. The van der Waals surface area contributed by atoms with Crippen LogP contribution in [0.2, 0.25) is 0 Å². The van der Waals surface area contributed by atoms with Gasteiger partial charge in [-0.25, -0.2) is 4.79 Å². The fourth-order valence-electron chi connectivity index (χ4n) is 0.152. The van der Waals surface area contributed by atoms with Gasteiger partial charge in [0, 0.05) is 6.54 Å². The summed E-state index contributed by atoms with van der Waals surface area (Å²) < 4.78 is 11.1. The van der Waals surface area contributed by atoms with E-state index in [4.69, 9.17) is 0 Å². The summed E-state index contributed by atoms with van der Waals surface area (Å²) in [6.07, 6.45) is -0.114. The van der Waals surface area contributed by atoms with E-state index in [1.165, 1.54) is 6.08 Å². The summed E-state index contributed by atoms with van der Waals surface area (Å²) in [6, 6.07) is 0. The van der Waals surface area contributed by atoms with E-state index in [1.807, 2.05) is 5.32 Å². The normalized spacial score (nSPS) is 7.57. The number of carbonyl (C=O) groups excluding carboxylic acids is 1. The van der Waals surface area contributed by atoms with E-state index in [0.717, 1.165) is 0 Å². The molecule has 2 nitrogen and oxygen atoms in total. The van der Waals surface area contributed by atoms with Gasteiger partial charge in [-0.05, 0) is 0 Å². The second kappa shape index (κ2) is 3.33. The van der Waals surface area contributed by atoms with Crippen LogP contribution in [0, 0.1) is 0 Å².